The van der Waals surface area contributed by atoms with Gasteiger partial charge >= 0.3 is 0 Å². The van der Waals surface area contributed by atoms with Crippen LogP contribution in [0.2, 0.25) is 0 Å². The zero-order valence-corrected chi connectivity index (χ0v) is 13.6. The molecule has 122 valence electrons. The lowest BCUT2D eigenvalue weighted by atomic mass is 10.1. The molecule has 1 amide bonds. The number of rotatable bonds is 7. The maximum atomic E-state index is 11.8. The molecule has 0 unspecified atom stereocenters. The molecular formula is C17H26N2O3. The number of morpholine rings is 1. The number of carbonyl (C=O) groups is 1. The number of amides is 1. The molecule has 0 atom stereocenters. The quantitative estimate of drug-likeness (QED) is 0.776. The molecule has 0 aliphatic carbocycles. The lowest BCUT2D eigenvalue weighted by molar-refractivity contribution is -0.123. The lowest BCUT2D eigenvalue weighted by Crippen LogP contribution is -2.38. The summed E-state index contributed by atoms with van der Waals surface area (Å²) in [6.07, 6.45) is 0.954. The minimum absolute atomic E-state index is 0.0676. The smallest absolute Gasteiger partial charge is 0.257 e. The second-order valence-corrected chi connectivity index (χ2v) is 5.72. The summed E-state index contributed by atoms with van der Waals surface area (Å²) < 4.78 is 10.9. The molecule has 5 heteroatoms. The first-order chi connectivity index (χ1) is 10.6. The standard InChI is InChI=1S/C17H26N2O3/c1-14-4-5-16(15(2)12-14)22-13-17(20)18-6-3-7-19-8-10-21-11-9-19/h4-5,12H,3,6-11,13H2,1-2H3,(H,18,20). The van der Waals surface area contributed by atoms with Crippen LogP contribution in [0.25, 0.3) is 0 Å². The van der Waals surface area contributed by atoms with Gasteiger partial charge < -0.3 is 14.8 Å². The van der Waals surface area contributed by atoms with E-state index in [-0.39, 0.29) is 12.5 Å². The number of hydrogen-bond acceptors (Lipinski definition) is 4. The van der Waals surface area contributed by atoms with Crippen LogP contribution >= 0.6 is 0 Å². The predicted octanol–water partition coefficient (Wildman–Crippen LogP) is 1.52. The Kier molecular flexibility index (Phi) is 6.68. The largest absolute Gasteiger partial charge is 0.484 e. The molecule has 0 aromatic heterocycles. The molecule has 1 heterocycles. The Bertz CT molecular complexity index is 485. The van der Waals surface area contributed by atoms with Gasteiger partial charge in [0.1, 0.15) is 5.75 Å². The Morgan fingerprint density at radius 1 is 1.32 bits per heavy atom. The molecule has 2 rings (SSSR count). The van der Waals surface area contributed by atoms with Gasteiger partial charge in [-0.2, -0.15) is 0 Å². The van der Waals surface area contributed by atoms with E-state index in [1.807, 2.05) is 26.0 Å². The predicted molar refractivity (Wildman–Crippen MR) is 86.3 cm³/mol. The Balaban J connectivity index is 1.59. The first-order valence-corrected chi connectivity index (χ1v) is 7.92. The van der Waals surface area contributed by atoms with E-state index in [0.29, 0.717) is 6.54 Å². The highest BCUT2D eigenvalue weighted by Crippen LogP contribution is 2.18. The average molecular weight is 306 g/mol. The van der Waals surface area contributed by atoms with Gasteiger partial charge in [0.2, 0.25) is 0 Å². The van der Waals surface area contributed by atoms with Crippen molar-refractivity contribution >= 4 is 5.91 Å². The molecule has 1 aliphatic rings. The van der Waals surface area contributed by atoms with Crippen LogP contribution in [0.5, 0.6) is 5.75 Å². The molecule has 1 fully saturated rings. The number of benzene rings is 1. The van der Waals surface area contributed by atoms with E-state index in [4.69, 9.17) is 9.47 Å². The Morgan fingerprint density at radius 2 is 2.09 bits per heavy atom. The van der Waals surface area contributed by atoms with Crippen LogP contribution in [0.1, 0.15) is 17.5 Å². The van der Waals surface area contributed by atoms with Gasteiger partial charge in [-0.1, -0.05) is 17.7 Å². The number of ether oxygens (including phenoxy) is 2. The third-order valence-corrected chi connectivity index (χ3v) is 3.77. The van der Waals surface area contributed by atoms with Gasteiger partial charge in [-0.25, -0.2) is 0 Å². The summed E-state index contributed by atoms with van der Waals surface area (Å²) in [5.74, 6) is 0.705. The van der Waals surface area contributed by atoms with Crippen molar-refractivity contribution < 1.29 is 14.3 Å². The first-order valence-electron chi connectivity index (χ1n) is 7.92. The number of aryl methyl sites for hydroxylation is 2. The summed E-state index contributed by atoms with van der Waals surface area (Å²) in [7, 11) is 0. The van der Waals surface area contributed by atoms with E-state index >= 15 is 0 Å². The van der Waals surface area contributed by atoms with Crippen LogP contribution in [0.4, 0.5) is 0 Å². The maximum Gasteiger partial charge on any atom is 0.257 e. The van der Waals surface area contributed by atoms with Crippen LogP contribution in [-0.4, -0.2) is 56.8 Å². The first kappa shape index (κ1) is 16.8. The Hall–Kier alpha value is -1.59. The molecule has 0 spiro atoms. The van der Waals surface area contributed by atoms with Gasteiger partial charge in [0.15, 0.2) is 6.61 Å². The van der Waals surface area contributed by atoms with Crippen LogP contribution in [0.15, 0.2) is 18.2 Å². The van der Waals surface area contributed by atoms with Crippen molar-refractivity contribution in [2.24, 2.45) is 0 Å². The van der Waals surface area contributed by atoms with Crippen LogP contribution in [0, 0.1) is 13.8 Å². The summed E-state index contributed by atoms with van der Waals surface area (Å²) >= 11 is 0. The van der Waals surface area contributed by atoms with E-state index in [2.05, 4.69) is 16.3 Å². The van der Waals surface area contributed by atoms with Crippen molar-refractivity contribution in [3.05, 3.63) is 29.3 Å². The summed E-state index contributed by atoms with van der Waals surface area (Å²) in [6, 6.07) is 5.95. The molecular weight excluding hydrogens is 280 g/mol. The van der Waals surface area contributed by atoms with Crippen molar-refractivity contribution in [3.63, 3.8) is 0 Å². The third kappa shape index (κ3) is 5.66. The molecule has 22 heavy (non-hydrogen) atoms. The molecule has 1 aromatic rings. The van der Waals surface area contributed by atoms with Crippen molar-refractivity contribution in [2.45, 2.75) is 20.3 Å². The van der Waals surface area contributed by atoms with Gasteiger partial charge in [-0.05, 0) is 38.4 Å². The monoisotopic (exact) mass is 306 g/mol. The molecule has 0 saturated carbocycles. The molecule has 1 N–H and O–H groups in total. The van der Waals surface area contributed by atoms with Crippen LogP contribution in [0.3, 0.4) is 0 Å². The summed E-state index contributed by atoms with van der Waals surface area (Å²) in [5, 5.41) is 2.90. The maximum absolute atomic E-state index is 11.8. The van der Waals surface area contributed by atoms with E-state index in [0.717, 1.165) is 50.6 Å². The highest BCUT2D eigenvalue weighted by molar-refractivity contribution is 5.77. The summed E-state index contributed by atoms with van der Waals surface area (Å²) in [6.45, 7) is 9.40. The van der Waals surface area contributed by atoms with Crippen molar-refractivity contribution in [1.29, 1.82) is 0 Å². The number of nitrogens with one attached hydrogen (secondary N) is 1. The van der Waals surface area contributed by atoms with Crippen LogP contribution in [-0.2, 0) is 9.53 Å². The van der Waals surface area contributed by atoms with Crippen molar-refractivity contribution in [1.82, 2.24) is 10.2 Å². The van der Waals surface area contributed by atoms with Gasteiger partial charge in [0.05, 0.1) is 13.2 Å². The molecule has 0 bridgehead atoms. The van der Waals surface area contributed by atoms with Gasteiger partial charge in [-0.15, -0.1) is 0 Å². The van der Waals surface area contributed by atoms with Crippen molar-refractivity contribution in [3.8, 4) is 5.75 Å². The van der Waals surface area contributed by atoms with Gasteiger partial charge in [0.25, 0.3) is 5.91 Å². The SMILES string of the molecule is Cc1ccc(OCC(=O)NCCCN2CCOCC2)c(C)c1. The minimum Gasteiger partial charge on any atom is -0.484 e. The zero-order valence-electron chi connectivity index (χ0n) is 13.6. The topological polar surface area (TPSA) is 50.8 Å². The molecule has 1 saturated heterocycles. The van der Waals surface area contributed by atoms with Crippen molar-refractivity contribution in [2.75, 3.05) is 46.0 Å². The molecule has 0 radical (unpaired) electrons. The van der Waals surface area contributed by atoms with E-state index < -0.39 is 0 Å². The fourth-order valence-corrected chi connectivity index (χ4v) is 2.51. The third-order valence-electron chi connectivity index (χ3n) is 3.77. The fraction of sp³-hybridized carbons (Fsp3) is 0.588. The van der Waals surface area contributed by atoms with Gasteiger partial charge in [-0.3, -0.25) is 9.69 Å². The normalized spacial score (nSPS) is 15.5. The lowest BCUT2D eigenvalue weighted by Gasteiger charge is -2.26. The second-order valence-electron chi connectivity index (χ2n) is 5.72. The highest BCUT2D eigenvalue weighted by atomic mass is 16.5. The number of hydrogen-bond donors (Lipinski definition) is 1. The second kappa shape index (κ2) is 8.76. The van der Waals surface area contributed by atoms with E-state index in [9.17, 15) is 4.79 Å². The Morgan fingerprint density at radius 3 is 2.82 bits per heavy atom. The fourth-order valence-electron chi connectivity index (χ4n) is 2.51. The molecule has 5 nitrogen and oxygen atoms in total. The summed E-state index contributed by atoms with van der Waals surface area (Å²) in [4.78, 5) is 14.1. The summed E-state index contributed by atoms with van der Waals surface area (Å²) in [5.41, 5.74) is 2.25. The molecule has 1 aromatic carbocycles. The Labute approximate surface area is 132 Å². The number of nitrogens with zero attached hydrogens (tertiary/aromatic N) is 1. The van der Waals surface area contributed by atoms with E-state index in [1.165, 1.54) is 5.56 Å². The van der Waals surface area contributed by atoms with Gasteiger partial charge in [0, 0.05) is 19.6 Å². The van der Waals surface area contributed by atoms with E-state index in [1.54, 1.807) is 0 Å². The highest BCUT2D eigenvalue weighted by Gasteiger charge is 2.10. The average Bonchev–Trinajstić information content (AvgIpc) is 2.52. The van der Waals surface area contributed by atoms with Crippen LogP contribution < -0.4 is 10.1 Å². The zero-order chi connectivity index (χ0) is 15.8. The number of carbonyl (C=O) groups excluding carboxylic acids is 1. The minimum atomic E-state index is -0.0676. The molecule has 1 aliphatic heterocycles.